The molecule has 0 atom stereocenters. The zero-order chi connectivity index (χ0) is 15.8. The van der Waals surface area contributed by atoms with Crippen molar-refractivity contribution < 1.29 is 13.5 Å². The predicted octanol–water partition coefficient (Wildman–Crippen LogP) is 2.94. The molecule has 5 nitrogen and oxygen atoms in total. The van der Waals surface area contributed by atoms with Crippen LogP contribution in [0.15, 0.2) is 29.2 Å². The molecule has 1 heterocycles. The quantitative estimate of drug-likeness (QED) is 0.942. The second-order valence-electron chi connectivity index (χ2n) is 5.22. The first-order valence-corrected chi connectivity index (χ1v) is 8.55. The largest absolute Gasteiger partial charge is 0.504 e. The third-order valence-electron chi connectivity index (χ3n) is 3.46. The summed E-state index contributed by atoms with van der Waals surface area (Å²) in [4.78, 5) is 0.205. The molecule has 1 N–H and O–H groups in total. The fraction of sp³-hybridized carbons (Fsp3) is 0.400. The topological polar surface area (TPSA) is 72.2 Å². The van der Waals surface area contributed by atoms with E-state index in [9.17, 15) is 13.5 Å². The Balaban J connectivity index is 2.72. The highest BCUT2D eigenvalue weighted by Gasteiger charge is 2.23. The molecule has 0 radical (unpaired) electrons. The zero-order valence-corrected chi connectivity index (χ0v) is 13.5. The maximum atomic E-state index is 12.2. The molecular formula is C15H20N2O3S. The Morgan fingerprint density at radius 3 is 2.43 bits per heavy atom. The van der Waals surface area contributed by atoms with Crippen molar-refractivity contribution in [1.82, 2.24) is 9.78 Å². The van der Waals surface area contributed by atoms with Gasteiger partial charge in [0.15, 0.2) is 15.6 Å². The van der Waals surface area contributed by atoms with Gasteiger partial charge in [0.1, 0.15) is 5.69 Å². The lowest BCUT2D eigenvalue weighted by atomic mass is 10.1. The van der Waals surface area contributed by atoms with Crippen LogP contribution in [0.4, 0.5) is 0 Å². The van der Waals surface area contributed by atoms with Crippen LogP contribution in [0.3, 0.4) is 0 Å². The number of benzene rings is 1. The van der Waals surface area contributed by atoms with Crippen molar-refractivity contribution in [3.8, 4) is 17.0 Å². The van der Waals surface area contributed by atoms with Crippen LogP contribution in [0.2, 0.25) is 0 Å². The molecule has 0 saturated heterocycles. The summed E-state index contributed by atoms with van der Waals surface area (Å²) in [6.07, 6.45) is 0. The summed E-state index contributed by atoms with van der Waals surface area (Å²) in [5, 5.41) is 14.7. The van der Waals surface area contributed by atoms with Crippen LogP contribution >= 0.6 is 0 Å². The van der Waals surface area contributed by atoms with Crippen molar-refractivity contribution in [3.05, 3.63) is 30.0 Å². The highest BCUT2D eigenvalue weighted by molar-refractivity contribution is 7.91. The average Bonchev–Trinajstić information content (AvgIpc) is 2.75. The summed E-state index contributed by atoms with van der Waals surface area (Å²) in [6, 6.07) is 6.73. The van der Waals surface area contributed by atoms with E-state index in [-0.39, 0.29) is 22.4 Å². The van der Waals surface area contributed by atoms with Gasteiger partial charge < -0.3 is 5.11 Å². The molecule has 0 aliphatic rings. The molecule has 2 rings (SSSR count). The molecule has 6 heteroatoms. The summed E-state index contributed by atoms with van der Waals surface area (Å²) >= 11 is 0. The highest BCUT2D eigenvalue weighted by atomic mass is 32.2. The predicted molar refractivity (Wildman–Crippen MR) is 82.2 cm³/mol. The van der Waals surface area contributed by atoms with Crippen LogP contribution in [0.25, 0.3) is 11.3 Å². The van der Waals surface area contributed by atoms with Gasteiger partial charge in [0.05, 0.1) is 16.3 Å². The molecule has 0 amide bonds. The summed E-state index contributed by atoms with van der Waals surface area (Å²) < 4.78 is 26.1. The van der Waals surface area contributed by atoms with Gasteiger partial charge in [-0.3, -0.25) is 4.68 Å². The van der Waals surface area contributed by atoms with Gasteiger partial charge in [0.25, 0.3) is 0 Å². The Hall–Kier alpha value is -1.82. The Kier molecular flexibility index (Phi) is 4.09. The van der Waals surface area contributed by atoms with Crippen LogP contribution < -0.4 is 0 Å². The maximum absolute atomic E-state index is 12.2. The van der Waals surface area contributed by atoms with Gasteiger partial charge in [-0.15, -0.1) is 0 Å². The lowest BCUT2D eigenvalue weighted by molar-refractivity contribution is 0.461. The van der Waals surface area contributed by atoms with Crippen LogP contribution in [0, 0.1) is 6.92 Å². The molecule has 0 bridgehead atoms. The molecule has 0 saturated carbocycles. The first-order chi connectivity index (χ1) is 9.79. The van der Waals surface area contributed by atoms with Crippen LogP contribution in [-0.4, -0.2) is 29.1 Å². The summed E-state index contributed by atoms with van der Waals surface area (Å²) in [5.74, 6) is 0.0386. The van der Waals surface area contributed by atoms with E-state index in [0.29, 0.717) is 17.0 Å². The molecule has 1 aromatic carbocycles. The number of hydrogen-bond acceptors (Lipinski definition) is 4. The number of aromatic nitrogens is 2. The molecule has 2 aromatic rings. The second-order valence-corrected chi connectivity index (χ2v) is 7.47. The molecular weight excluding hydrogens is 288 g/mol. The first-order valence-electron chi connectivity index (χ1n) is 6.89. The number of rotatable bonds is 4. The molecule has 0 fully saturated rings. The first kappa shape index (κ1) is 15.6. The van der Waals surface area contributed by atoms with Crippen LogP contribution in [0.1, 0.15) is 32.5 Å². The Labute approximate surface area is 125 Å². The van der Waals surface area contributed by atoms with E-state index in [0.717, 1.165) is 0 Å². The van der Waals surface area contributed by atoms with Crippen molar-refractivity contribution in [1.29, 1.82) is 0 Å². The molecule has 0 aliphatic heterocycles. The van der Waals surface area contributed by atoms with Gasteiger partial charge >= 0.3 is 0 Å². The molecule has 0 spiro atoms. The molecule has 21 heavy (non-hydrogen) atoms. The van der Waals surface area contributed by atoms with E-state index in [1.807, 2.05) is 13.8 Å². The van der Waals surface area contributed by atoms with Crippen molar-refractivity contribution in [2.45, 2.75) is 38.6 Å². The minimum absolute atomic E-state index is 0.00858. The van der Waals surface area contributed by atoms with E-state index < -0.39 is 9.84 Å². The summed E-state index contributed by atoms with van der Waals surface area (Å²) in [6.45, 7) is 7.28. The number of aromatic hydroxyl groups is 1. The van der Waals surface area contributed by atoms with Crippen molar-refractivity contribution in [3.63, 3.8) is 0 Å². The standard InChI is InChI=1S/C15H20N2O3S/c1-5-21(19,20)13-9-7-6-8-12(13)14-15(18)11(4)17(16-14)10(2)3/h6-10,18H,5H2,1-4H3. The van der Waals surface area contributed by atoms with Crippen molar-refractivity contribution >= 4 is 9.84 Å². The van der Waals surface area contributed by atoms with E-state index in [1.165, 1.54) is 0 Å². The van der Waals surface area contributed by atoms with Crippen molar-refractivity contribution in [2.24, 2.45) is 0 Å². The van der Waals surface area contributed by atoms with E-state index >= 15 is 0 Å². The lowest BCUT2D eigenvalue weighted by Crippen LogP contribution is -2.07. The SMILES string of the molecule is CCS(=O)(=O)c1ccccc1-c1nn(C(C)C)c(C)c1O. The third-order valence-corrected chi connectivity index (χ3v) is 5.25. The fourth-order valence-corrected chi connectivity index (χ4v) is 3.38. The monoisotopic (exact) mass is 308 g/mol. The molecule has 1 aromatic heterocycles. The minimum atomic E-state index is -3.38. The number of hydrogen-bond donors (Lipinski definition) is 1. The number of nitrogens with zero attached hydrogens (tertiary/aromatic N) is 2. The van der Waals surface area contributed by atoms with Gasteiger partial charge in [-0.2, -0.15) is 5.10 Å². The summed E-state index contributed by atoms with van der Waals surface area (Å²) in [5.41, 5.74) is 1.39. The Bertz CT molecular complexity index is 761. The number of sulfone groups is 1. The lowest BCUT2D eigenvalue weighted by Gasteiger charge is -2.08. The Morgan fingerprint density at radius 1 is 1.29 bits per heavy atom. The summed E-state index contributed by atoms with van der Waals surface area (Å²) in [7, 11) is -3.38. The van der Waals surface area contributed by atoms with E-state index in [1.54, 1.807) is 42.8 Å². The second kappa shape index (κ2) is 5.52. The van der Waals surface area contributed by atoms with Crippen LogP contribution in [-0.2, 0) is 9.84 Å². The van der Waals surface area contributed by atoms with Gasteiger partial charge in [-0.05, 0) is 26.8 Å². The average molecular weight is 308 g/mol. The van der Waals surface area contributed by atoms with Crippen LogP contribution in [0.5, 0.6) is 5.75 Å². The third kappa shape index (κ3) is 2.68. The van der Waals surface area contributed by atoms with Gasteiger partial charge in [-0.25, -0.2) is 8.42 Å². The van der Waals surface area contributed by atoms with Crippen molar-refractivity contribution in [2.75, 3.05) is 5.75 Å². The fourth-order valence-electron chi connectivity index (χ4n) is 2.28. The van der Waals surface area contributed by atoms with Gasteiger partial charge in [-0.1, -0.05) is 25.1 Å². The van der Waals surface area contributed by atoms with Gasteiger partial charge in [0.2, 0.25) is 0 Å². The molecule has 0 aliphatic carbocycles. The molecule has 0 unspecified atom stereocenters. The zero-order valence-electron chi connectivity index (χ0n) is 12.7. The Morgan fingerprint density at radius 2 is 1.90 bits per heavy atom. The normalized spacial score (nSPS) is 12.0. The van der Waals surface area contributed by atoms with E-state index in [4.69, 9.17) is 0 Å². The highest BCUT2D eigenvalue weighted by Crippen LogP contribution is 2.36. The van der Waals surface area contributed by atoms with Gasteiger partial charge in [0, 0.05) is 11.6 Å². The van der Waals surface area contributed by atoms with E-state index in [2.05, 4.69) is 5.10 Å². The minimum Gasteiger partial charge on any atom is -0.504 e. The smallest absolute Gasteiger partial charge is 0.178 e. The molecule has 114 valence electrons. The maximum Gasteiger partial charge on any atom is 0.178 e.